The number of nitrogens with one attached hydrogen (secondary N) is 5. The highest BCUT2D eigenvalue weighted by Gasteiger charge is 2.37. The second-order valence-corrected chi connectivity index (χ2v) is 14.6. The molecular weight excluding hydrogens is 777 g/mol. The minimum atomic E-state index is -1.50. The van der Waals surface area contributed by atoms with Crippen molar-refractivity contribution in [2.24, 2.45) is 5.73 Å². The van der Waals surface area contributed by atoms with Gasteiger partial charge in [0.05, 0.1) is 12.1 Å². The van der Waals surface area contributed by atoms with Crippen LogP contribution >= 0.6 is 11.8 Å². The summed E-state index contributed by atoms with van der Waals surface area (Å²) in [5.41, 5.74) is 6.01. The lowest BCUT2D eigenvalue weighted by molar-refractivity contribution is -0.139. The van der Waals surface area contributed by atoms with E-state index < -0.39 is 83.5 Å². The van der Waals surface area contributed by atoms with Crippen molar-refractivity contribution < 1.29 is 44.0 Å². The normalized spacial score (nSPS) is 18.1. The molecule has 1 aliphatic heterocycles. The average molecular weight is 825 g/mol. The first-order valence-corrected chi connectivity index (χ1v) is 19.6. The quantitative estimate of drug-likeness (QED) is 0.0783. The Morgan fingerprint density at radius 2 is 1.69 bits per heavy atom. The Kier molecular flexibility index (Phi) is 16.0. The van der Waals surface area contributed by atoms with Crippen molar-refractivity contribution in [1.82, 2.24) is 35.7 Å². The number of thioether (sulfide) groups is 1. The smallest absolute Gasteiger partial charge is 0.331 e. The highest BCUT2D eigenvalue weighted by atomic mass is 32.2. The summed E-state index contributed by atoms with van der Waals surface area (Å²) >= 11 is 1.37. The number of carboxylic acids is 1. The van der Waals surface area contributed by atoms with Crippen LogP contribution in [-0.4, -0.2) is 115 Å². The van der Waals surface area contributed by atoms with Gasteiger partial charge in [-0.1, -0.05) is 42.5 Å². The van der Waals surface area contributed by atoms with Gasteiger partial charge in [0.2, 0.25) is 23.9 Å². The molecule has 1 saturated heterocycles. The topological polar surface area (TPSA) is 288 Å². The van der Waals surface area contributed by atoms with E-state index in [1.165, 1.54) is 42.8 Å². The molecule has 5 amide bonds. The van der Waals surface area contributed by atoms with Crippen molar-refractivity contribution >= 4 is 41.5 Å². The molecule has 0 saturated carbocycles. The molecule has 7 atom stereocenters. The molecule has 58 heavy (non-hydrogen) atoms. The molecule has 19 nitrogen and oxygen atoms in total. The van der Waals surface area contributed by atoms with Gasteiger partial charge in [-0.05, 0) is 55.0 Å². The van der Waals surface area contributed by atoms with Gasteiger partial charge in [0.25, 0.3) is 5.56 Å². The first-order valence-electron chi connectivity index (χ1n) is 18.2. The number of phenols is 1. The number of aliphatic hydroxyl groups excluding tert-OH is 1. The summed E-state index contributed by atoms with van der Waals surface area (Å²) < 4.78 is 6.67. The highest BCUT2D eigenvalue weighted by Crippen LogP contribution is 2.30. The van der Waals surface area contributed by atoms with Gasteiger partial charge >= 0.3 is 17.7 Å². The van der Waals surface area contributed by atoms with Crippen LogP contribution in [0, 0.1) is 0 Å². The van der Waals surface area contributed by atoms with E-state index in [2.05, 4.69) is 26.3 Å². The van der Waals surface area contributed by atoms with E-state index in [1.54, 1.807) is 48.7 Å². The number of ether oxygens (including phenoxy) is 1. The predicted molar refractivity (Wildman–Crippen MR) is 212 cm³/mol. The number of hydrogen-bond acceptors (Lipinski definition) is 12. The van der Waals surface area contributed by atoms with Crippen LogP contribution < -0.4 is 38.2 Å². The number of likely N-dealkylation sites (N-methyl/N-ethyl adjacent to an activating group) is 1. The van der Waals surface area contributed by atoms with Crippen LogP contribution in [0.25, 0.3) is 0 Å². The third-order valence-corrected chi connectivity index (χ3v) is 9.98. The number of aromatic nitrogens is 2. The van der Waals surface area contributed by atoms with Crippen molar-refractivity contribution in [3.8, 4) is 5.75 Å². The van der Waals surface area contributed by atoms with E-state index in [4.69, 9.17) is 10.5 Å². The van der Waals surface area contributed by atoms with Crippen molar-refractivity contribution in [3.63, 3.8) is 0 Å². The lowest BCUT2D eigenvalue weighted by Crippen LogP contribution is -2.62. The number of phenolic OH excluding ortho intramolecular Hbond substituents is 1. The third kappa shape index (κ3) is 12.4. The number of nitrogens with two attached hydrogens (primary N) is 1. The zero-order chi connectivity index (χ0) is 42.5. The summed E-state index contributed by atoms with van der Waals surface area (Å²) in [7, 11) is 1.39. The Morgan fingerprint density at radius 3 is 2.34 bits per heavy atom. The lowest BCUT2D eigenvalue weighted by atomic mass is 10.0. The van der Waals surface area contributed by atoms with E-state index in [9.17, 15) is 48.9 Å². The minimum Gasteiger partial charge on any atom is -0.508 e. The highest BCUT2D eigenvalue weighted by molar-refractivity contribution is 7.98. The van der Waals surface area contributed by atoms with Gasteiger partial charge in [0, 0.05) is 38.4 Å². The molecule has 0 radical (unpaired) electrons. The molecule has 3 aromatic rings. The number of carboxylic acid groups (broad SMARTS) is 1. The third-order valence-electron chi connectivity index (χ3n) is 9.34. The second-order valence-electron chi connectivity index (χ2n) is 13.6. The maximum Gasteiger partial charge on any atom is 0.331 e. The Bertz CT molecular complexity index is 2080. The van der Waals surface area contributed by atoms with E-state index >= 15 is 0 Å². The van der Waals surface area contributed by atoms with Crippen LogP contribution in [0.15, 0.2) is 88.4 Å². The number of benzene rings is 2. The number of H-pyrrole nitrogens is 1. The molecular formula is C38H48N8O11S. The van der Waals surface area contributed by atoms with Crippen LogP contribution in [0.2, 0.25) is 0 Å². The van der Waals surface area contributed by atoms with Crippen LogP contribution in [0.3, 0.4) is 0 Å². The first-order chi connectivity index (χ1) is 27.6. The second kappa shape index (κ2) is 20.9. The molecule has 10 N–H and O–H groups in total. The molecule has 4 rings (SSSR count). The van der Waals surface area contributed by atoms with Gasteiger partial charge in [-0.2, -0.15) is 11.8 Å². The van der Waals surface area contributed by atoms with E-state index in [0.29, 0.717) is 16.9 Å². The zero-order valence-corrected chi connectivity index (χ0v) is 32.8. The summed E-state index contributed by atoms with van der Waals surface area (Å²) in [5.74, 6) is -3.17. The van der Waals surface area contributed by atoms with Crippen LogP contribution in [0.4, 0.5) is 4.79 Å². The molecule has 0 bridgehead atoms. The molecule has 20 heteroatoms. The van der Waals surface area contributed by atoms with E-state index in [1.807, 2.05) is 0 Å². The summed E-state index contributed by atoms with van der Waals surface area (Å²) in [6.07, 6.45) is 1.50. The number of amides is 5. The Morgan fingerprint density at radius 1 is 1.00 bits per heavy atom. The monoisotopic (exact) mass is 824 g/mol. The summed E-state index contributed by atoms with van der Waals surface area (Å²) in [6, 6.07) is 8.68. The van der Waals surface area contributed by atoms with Gasteiger partial charge in [-0.25, -0.2) is 14.4 Å². The van der Waals surface area contributed by atoms with Gasteiger partial charge in [-0.15, -0.1) is 0 Å². The SMILES string of the molecule is CSCCC(NC(=O)NC(Cc1ccccc1)C(=O)O)C(=O)NC(C(=O)N/C=C1/C[C@@H](O)[C@H](n2ccc(=O)[nH]c2=O)O1)[C@H](C)N(C)C(=O)[C@H](N)Cc1cccc(O)c1. The number of nitrogens with zero attached hydrogens (tertiary/aromatic N) is 2. The maximum atomic E-state index is 13.9. The van der Waals surface area contributed by atoms with Crippen molar-refractivity contribution in [2.45, 2.75) is 75.1 Å². The molecule has 1 aromatic heterocycles. The van der Waals surface area contributed by atoms with Crippen LogP contribution in [-0.2, 0) is 36.8 Å². The Balaban J connectivity index is 1.55. The van der Waals surface area contributed by atoms with Crippen LogP contribution in [0.5, 0.6) is 5.75 Å². The number of rotatable bonds is 18. The average Bonchev–Trinajstić information content (AvgIpc) is 3.56. The molecule has 3 unspecified atom stereocenters. The van der Waals surface area contributed by atoms with Gasteiger partial charge in [-0.3, -0.25) is 28.7 Å². The number of hydrogen-bond donors (Lipinski definition) is 9. The molecule has 0 aliphatic carbocycles. The number of aliphatic hydroxyl groups is 1. The molecule has 2 heterocycles. The Labute approximate surface area is 337 Å². The number of aromatic amines is 1. The van der Waals surface area contributed by atoms with Crippen LogP contribution in [0.1, 0.15) is 37.1 Å². The first kappa shape index (κ1) is 44.6. The summed E-state index contributed by atoms with van der Waals surface area (Å²) in [4.78, 5) is 93.7. The number of urea groups is 1. The number of aliphatic carboxylic acids is 1. The number of carbonyl (C=O) groups is 5. The van der Waals surface area contributed by atoms with E-state index in [0.717, 1.165) is 23.0 Å². The minimum absolute atomic E-state index is 0.0173. The van der Waals surface area contributed by atoms with E-state index in [-0.39, 0.29) is 37.2 Å². The van der Waals surface area contributed by atoms with Crippen molar-refractivity contribution in [3.05, 3.63) is 111 Å². The van der Waals surface area contributed by atoms with Gasteiger partial charge in [0.15, 0.2) is 0 Å². The fraction of sp³-hybridized carbons (Fsp3) is 0.395. The predicted octanol–water partition coefficient (Wildman–Crippen LogP) is -0.502. The number of aromatic hydroxyl groups is 1. The van der Waals surface area contributed by atoms with Gasteiger partial charge in [0.1, 0.15) is 35.7 Å². The molecule has 1 fully saturated rings. The molecule has 312 valence electrons. The van der Waals surface area contributed by atoms with Gasteiger partial charge < -0.3 is 52.0 Å². The fourth-order valence-electron chi connectivity index (χ4n) is 6.08. The largest absolute Gasteiger partial charge is 0.508 e. The standard InChI is InChI=1S/C38H48N8O11S/c1-21(45(2)34(52)26(39)17-23-10-7-11-24(47)16-23)31(33(51)40-20-25-19-29(48)35(57-25)46-14-12-30(49)43-38(46)56)44-32(50)27(13-15-58-3)41-37(55)42-28(36(53)54)18-22-8-5-4-6-9-22/h4-12,14,16,20-21,26-29,31,35,47-48H,13,15,17-19,39H2,1-3H3,(H,40,51)(H,44,50)(H,53,54)(H2,41,42,55)(H,43,49,56)/b25-20-/t21-,26+,27?,28?,29+,31?,35+/m0/s1. The van der Waals surface area contributed by atoms with Crippen molar-refractivity contribution in [1.29, 1.82) is 0 Å². The molecule has 0 spiro atoms. The molecule has 1 aliphatic rings. The Hall–Kier alpha value is -6.12. The number of carbonyl (C=O) groups excluding carboxylic acids is 4. The zero-order valence-electron chi connectivity index (χ0n) is 32.0. The molecule has 2 aromatic carbocycles. The lowest BCUT2D eigenvalue weighted by Gasteiger charge is -2.34. The summed E-state index contributed by atoms with van der Waals surface area (Å²) in [6.45, 7) is 1.49. The maximum absolute atomic E-state index is 13.9. The van der Waals surface area contributed by atoms with Crippen molar-refractivity contribution in [2.75, 3.05) is 19.1 Å². The summed E-state index contributed by atoms with van der Waals surface area (Å²) in [5, 5.41) is 40.3. The fourth-order valence-corrected chi connectivity index (χ4v) is 6.55.